The lowest BCUT2D eigenvalue weighted by Crippen LogP contribution is -2.49. The number of nitrogens with zero attached hydrogens (tertiary/aromatic N) is 1. The van der Waals surface area contributed by atoms with Gasteiger partial charge in [0.2, 0.25) is 5.91 Å². The zero-order chi connectivity index (χ0) is 25.9. The average molecular weight is 495 g/mol. The highest BCUT2D eigenvalue weighted by molar-refractivity contribution is 6.10. The van der Waals surface area contributed by atoms with Crippen molar-refractivity contribution in [1.82, 2.24) is 10.2 Å². The van der Waals surface area contributed by atoms with E-state index in [1.807, 2.05) is 6.07 Å². The van der Waals surface area contributed by atoms with E-state index in [2.05, 4.69) is 22.9 Å². The van der Waals surface area contributed by atoms with Crippen LogP contribution in [0.3, 0.4) is 0 Å². The molecule has 3 N–H and O–H groups in total. The first kappa shape index (κ1) is 25.0. The number of hydrogen-bond donors (Lipinski definition) is 3. The first-order valence-electron chi connectivity index (χ1n) is 11.8. The highest BCUT2D eigenvalue weighted by atomic mass is 16.5. The lowest BCUT2D eigenvalue weighted by molar-refractivity contribution is -0.135. The van der Waals surface area contributed by atoms with Gasteiger partial charge in [0.25, 0.3) is 11.8 Å². The smallest absolute Gasteiger partial charge is 0.325 e. The van der Waals surface area contributed by atoms with Crippen LogP contribution in [-0.2, 0) is 9.59 Å². The SMILES string of the molecule is COc1cc(NC(=O)c2ccccc2)c(OC)cc1NC(=O)CN1C(=O)NC2(CCC(C)CC2)C1=O. The van der Waals surface area contributed by atoms with Crippen molar-refractivity contribution in [2.24, 2.45) is 5.92 Å². The number of anilines is 2. The molecule has 1 spiro atoms. The second-order valence-electron chi connectivity index (χ2n) is 9.21. The quantitative estimate of drug-likeness (QED) is 0.507. The van der Waals surface area contributed by atoms with Gasteiger partial charge < -0.3 is 25.4 Å². The molecule has 0 bridgehead atoms. The Balaban J connectivity index is 1.47. The molecule has 10 nitrogen and oxygen atoms in total. The topological polar surface area (TPSA) is 126 Å². The Morgan fingerprint density at radius 3 is 2.17 bits per heavy atom. The van der Waals surface area contributed by atoms with E-state index in [9.17, 15) is 19.2 Å². The van der Waals surface area contributed by atoms with Crippen molar-refractivity contribution < 1.29 is 28.7 Å². The van der Waals surface area contributed by atoms with Crippen molar-refractivity contribution in [2.45, 2.75) is 38.1 Å². The lowest BCUT2D eigenvalue weighted by atomic mass is 9.77. The molecule has 1 saturated carbocycles. The van der Waals surface area contributed by atoms with Gasteiger partial charge in [-0.3, -0.25) is 19.3 Å². The summed E-state index contributed by atoms with van der Waals surface area (Å²) in [6.07, 6.45) is 2.82. The van der Waals surface area contributed by atoms with Gasteiger partial charge in [-0.1, -0.05) is 25.1 Å². The molecule has 0 radical (unpaired) electrons. The van der Waals surface area contributed by atoms with Crippen molar-refractivity contribution >= 4 is 35.1 Å². The predicted octanol–water partition coefficient (Wildman–Crippen LogP) is 3.40. The highest BCUT2D eigenvalue weighted by Crippen LogP contribution is 2.38. The van der Waals surface area contributed by atoms with E-state index in [-0.39, 0.29) is 23.3 Å². The standard InChI is InChI=1S/C26H30N4O6/c1-16-9-11-26(12-10-16)24(33)30(25(34)29-26)15-22(31)27-18-13-21(36-3)19(14-20(18)35-2)28-23(32)17-7-5-4-6-8-17/h4-8,13-14,16H,9-12,15H2,1-3H3,(H,27,31)(H,28,32)(H,29,34). The molecule has 2 aromatic carbocycles. The molecule has 2 aromatic rings. The largest absolute Gasteiger partial charge is 0.494 e. The maximum atomic E-state index is 13.1. The number of carbonyl (C=O) groups is 4. The van der Waals surface area contributed by atoms with E-state index in [4.69, 9.17) is 9.47 Å². The number of urea groups is 1. The number of methoxy groups -OCH3 is 2. The van der Waals surface area contributed by atoms with Crippen molar-refractivity contribution in [3.63, 3.8) is 0 Å². The van der Waals surface area contributed by atoms with Crippen LogP contribution >= 0.6 is 0 Å². The number of rotatable bonds is 7. The van der Waals surface area contributed by atoms with Gasteiger partial charge in [0.1, 0.15) is 23.6 Å². The molecule has 5 amide bonds. The van der Waals surface area contributed by atoms with Crippen LogP contribution < -0.4 is 25.4 Å². The van der Waals surface area contributed by atoms with Gasteiger partial charge in [0.05, 0.1) is 25.6 Å². The molecule has 1 aliphatic heterocycles. The third-order valence-corrected chi connectivity index (χ3v) is 6.76. The Morgan fingerprint density at radius 2 is 1.58 bits per heavy atom. The number of imide groups is 1. The molecular formula is C26H30N4O6. The molecule has 4 rings (SSSR count). The summed E-state index contributed by atoms with van der Waals surface area (Å²) in [5.41, 5.74) is 0.173. The molecule has 190 valence electrons. The van der Waals surface area contributed by atoms with Crippen molar-refractivity contribution in [3.8, 4) is 11.5 Å². The highest BCUT2D eigenvalue weighted by Gasteiger charge is 2.52. The van der Waals surface area contributed by atoms with Crippen LogP contribution in [0, 0.1) is 5.92 Å². The van der Waals surface area contributed by atoms with Gasteiger partial charge >= 0.3 is 6.03 Å². The fourth-order valence-corrected chi connectivity index (χ4v) is 4.62. The fraction of sp³-hybridized carbons (Fsp3) is 0.385. The molecule has 0 unspecified atom stereocenters. The van der Waals surface area contributed by atoms with Crippen LogP contribution in [0.25, 0.3) is 0 Å². The monoisotopic (exact) mass is 494 g/mol. The summed E-state index contributed by atoms with van der Waals surface area (Å²) < 4.78 is 10.8. The first-order valence-corrected chi connectivity index (χ1v) is 11.8. The summed E-state index contributed by atoms with van der Waals surface area (Å²) in [6.45, 7) is 1.69. The van der Waals surface area contributed by atoms with E-state index in [0.717, 1.165) is 17.7 Å². The maximum Gasteiger partial charge on any atom is 0.325 e. The maximum absolute atomic E-state index is 13.1. The van der Waals surface area contributed by atoms with E-state index < -0.39 is 24.0 Å². The first-order chi connectivity index (χ1) is 17.3. The number of ether oxygens (including phenoxy) is 2. The van der Waals surface area contributed by atoms with E-state index in [1.165, 1.54) is 26.4 Å². The van der Waals surface area contributed by atoms with Crippen LogP contribution in [-0.4, -0.2) is 55.0 Å². The van der Waals surface area contributed by atoms with Gasteiger partial charge in [0.15, 0.2) is 0 Å². The minimum Gasteiger partial charge on any atom is -0.494 e. The number of nitrogens with one attached hydrogen (secondary N) is 3. The van der Waals surface area contributed by atoms with Gasteiger partial charge in [-0.05, 0) is 43.7 Å². The molecule has 2 aliphatic rings. The number of amides is 5. The Labute approximate surface area is 209 Å². The van der Waals surface area contributed by atoms with Gasteiger partial charge in [-0.2, -0.15) is 0 Å². The molecule has 0 atom stereocenters. The molecule has 0 aromatic heterocycles. The number of carbonyl (C=O) groups excluding carboxylic acids is 4. The third-order valence-electron chi connectivity index (χ3n) is 6.76. The van der Waals surface area contributed by atoms with Gasteiger partial charge in [-0.25, -0.2) is 4.79 Å². The molecule has 1 aliphatic carbocycles. The van der Waals surface area contributed by atoms with Gasteiger partial charge in [0, 0.05) is 17.7 Å². The van der Waals surface area contributed by atoms with Crippen LogP contribution in [0.15, 0.2) is 42.5 Å². The lowest BCUT2D eigenvalue weighted by Gasteiger charge is -2.33. The molecule has 10 heteroatoms. The average Bonchev–Trinajstić information content (AvgIpc) is 3.10. The second-order valence-corrected chi connectivity index (χ2v) is 9.21. The van der Waals surface area contributed by atoms with E-state index in [0.29, 0.717) is 35.8 Å². The molecule has 36 heavy (non-hydrogen) atoms. The van der Waals surface area contributed by atoms with E-state index >= 15 is 0 Å². The van der Waals surface area contributed by atoms with Crippen LogP contribution in [0.2, 0.25) is 0 Å². The molecular weight excluding hydrogens is 464 g/mol. The van der Waals surface area contributed by atoms with E-state index in [1.54, 1.807) is 24.3 Å². The number of hydrogen-bond acceptors (Lipinski definition) is 6. The van der Waals surface area contributed by atoms with Crippen molar-refractivity contribution in [3.05, 3.63) is 48.0 Å². The summed E-state index contributed by atoms with van der Waals surface area (Å²) in [4.78, 5) is 52.0. The summed E-state index contributed by atoms with van der Waals surface area (Å²) in [5, 5.41) is 8.27. The van der Waals surface area contributed by atoms with Gasteiger partial charge in [-0.15, -0.1) is 0 Å². The Kier molecular flexibility index (Phi) is 7.14. The summed E-state index contributed by atoms with van der Waals surface area (Å²) in [7, 11) is 2.86. The van der Waals surface area contributed by atoms with Crippen LogP contribution in [0.4, 0.5) is 16.2 Å². The minimum absolute atomic E-state index is 0.266. The normalized spacial score (nSPS) is 21.2. The second kappa shape index (κ2) is 10.3. The summed E-state index contributed by atoms with van der Waals surface area (Å²) in [5.74, 6) is -0.208. The zero-order valence-corrected chi connectivity index (χ0v) is 20.6. The van der Waals surface area contributed by atoms with Crippen LogP contribution in [0.5, 0.6) is 11.5 Å². The van der Waals surface area contributed by atoms with Crippen molar-refractivity contribution in [1.29, 1.82) is 0 Å². The third kappa shape index (κ3) is 4.98. The molecule has 1 saturated heterocycles. The summed E-state index contributed by atoms with van der Waals surface area (Å²) >= 11 is 0. The molecule has 2 fully saturated rings. The Morgan fingerprint density at radius 1 is 1.00 bits per heavy atom. The fourth-order valence-electron chi connectivity index (χ4n) is 4.62. The minimum atomic E-state index is -0.913. The summed E-state index contributed by atoms with van der Waals surface area (Å²) in [6, 6.07) is 11.2. The Hall–Kier alpha value is -4.08. The zero-order valence-electron chi connectivity index (χ0n) is 20.6. The van der Waals surface area contributed by atoms with Crippen LogP contribution in [0.1, 0.15) is 43.0 Å². The molecule has 1 heterocycles. The Bertz CT molecular complexity index is 1170. The number of benzene rings is 2. The predicted molar refractivity (Wildman–Crippen MR) is 133 cm³/mol. The van der Waals surface area contributed by atoms with Crippen molar-refractivity contribution in [2.75, 3.05) is 31.4 Å².